The molecule has 1 rings (SSSR count). The lowest BCUT2D eigenvalue weighted by Gasteiger charge is -2.15. The largest absolute Gasteiger partial charge is 0.494 e. The normalized spacial score (nSPS) is 12.5. The summed E-state index contributed by atoms with van der Waals surface area (Å²) in [5.41, 5.74) is 3.67. The van der Waals surface area contributed by atoms with Gasteiger partial charge in [0.15, 0.2) is 11.6 Å². The third-order valence-electron chi connectivity index (χ3n) is 2.57. The van der Waals surface area contributed by atoms with E-state index in [2.05, 4.69) is 12.3 Å². The van der Waals surface area contributed by atoms with Gasteiger partial charge in [0.1, 0.15) is 0 Å². The summed E-state index contributed by atoms with van der Waals surface area (Å²) < 4.78 is 18.3. The van der Waals surface area contributed by atoms with Crippen LogP contribution in [-0.2, 0) is 6.42 Å². The van der Waals surface area contributed by atoms with Gasteiger partial charge in [0.05, 0.1) is 7.11 Å². The summed E-state index contributed by atoms with van der Waals surface area (Å²) in [6, 6.07) is 5.20. The molecule has 0 amide bonds. The first-order valence-electron chi connectivity index (χ1n) is 5.49. The van der Waals surface area contributed by atoms with E-state index in [0.717, 1.165) is 24.8 Å². The summed E-state index contributed by atoms with van der Waals surface area (Å²) in [6.07, 6.45) is 2.75. The lowest BCUT2D eigenvalue weighted by molar-refractivity contribution is 0.385. The van der Waals surface area contributed by atoms with Gasteiger partial charge in [0.2, 0.25) is 0 Å². The molecule has 1 aromatic rings. The number of hydrogen-bond donors (Lipinski definition) is 2. The Morgan fingerprint density at radius 1 is 1.50 bits per heavy atom. The molecule has 0 bridgehead atoms. The van der Waals surface area contributed by atoms with Gasteiger partial charge >= 0.3 is 0 Å². The smallest absolute Gasteiger partial charge is 0.165 e. The average Bonchev–Trinajstić information content (AvgIpc) is 2.28. The van der Waals surface area contributed by atoms with E-state index in [0.29, 0.717) is 0 Å². The minimum atomic E-state index is -0.327. The zero-order valence-electron chi connectivity index (χ0n) is 9.79. The number of rotatable bonds is 6. The second kappa shape index (κ2) is 6.45. The Balaban J connectivity index is 2.69. The highest BCUT2D eigenvalue weighted by Crippen LogP contribution is 2.19. The SMILES string of the molecule is CCCC(Cc1ccc(OC)c(F)c1)NN. The van der Waals surface area contributed by atoms with Crippen molar-refractivity contribution in [1.29, 1.82) is 0 Å². The number of halogens is 1. The van der Waals surface area contributed by atoms with Crippen molar-refractivity contribution in [2.24, 2.45) is 5.84 Å². The molecule has 1 unspecified atom stereocenters. The van der Waals surface area contributed by atoms with Crippen LogP contribution in [0.5, 0.6) is 5.75 Å². The fourth-order valence-corrected chi connectivity index (χ4v) is 1.71. The molecule has 3 nitrogen and oxygen atoms in total. The Bertz CT molecular complexity index is 331. The molecule has 0 aliphatic heterocycles. The predicted molar refractivity (Wildman–Crippen MR) is 62.7 cm³/mol. The average molecular weight is 226 g/mol. The molecule has 0 aliphatic rings. The molecule has 16 heavy (non-hydrogen) atoms. The molecule has 0 saturated heterocycles. The molecule has 0 aliphatic carbocycles. The molecule has 0 heterocycles. The lowest BCUT2D eigenvalue weighted by atomic mass is 10.0. The fraction of sp³-hybridized carbons (Fsp3) is 0.500. The molecule has 0 radical (unpaired) electrons. The summed E-state index contributed by atoms with van der Waals surface area (Å²) in [4.78, 5) is 0. The van der Waals surface area contributed by atoms with Gasteiger partial charge in [-0.2, -0.15) is 0 Å². The number of methoxy groups -OCH3 is 1. The first kappa shape index (κ1) is 12.9. The maximum atomic E-state index is 13.4. The summed E-state index contributed by atoms with van der Waals surface area (Å²) in [7, 11) is 1.46. The molecule has 0 fully saturated rings. The van der Waals surface area contributed by atoms with Crippen molar-refractivity contribution in [3.05, 3.63) is 29.6 Å². The van der Waals surface area contributed by atoms with Gasteiger partial charge in [-0.3, -0.25) is 11.3 Å². The zero-order chi connectivity index (χ0) is 12.0. The first-order chi connectivity index (χ1) is 7.71. The minimum Gasteiger partial charge on any atom is -0.494 e. The molecule has 4 heteroatoms. The summed E-state index contributed by atoms with van der Waals surface area (Å²) in [5, 5.41) is 0. The van der Waals surface area contributed by atoms with Crippen LogP contribution < -0.4 is 16.0 Å². The van der Waals surface area contributed by atoms with E-state index < -0.39 is 0 Å². The topological polar surface area (TPSA) is 47.3 Å². The van der Waals surface area contributed by atoms with Crippen molar-refractivity contribution in [2.75, 3.05) is 7.11 Å². The third-order valence-corrected chi connectivity index (χ3v) is 2.57. The molecular weight excluding hydrogens is 207 g/mol. The van der Waals surface area contributed by atoms with E-state index in [-0.39, 0.29) is 17.6 Å². The fourth-order valence-electron chi connectivity index (χ4n) is 1.71. The van der Waals surface area contributed by atoms with E-state index in [1.54, 1.807) is 6.07 Å². The van der Waals surface area contributed by atoms with Crippen molar-refractivity contribution in [3.8, 4) is 5.75 Å². The van der Waals surface area contributed by atoms with E-state index in [4.69, 9.17) is 10.6 Å². The molecule has 3 N–H and O–H groups in total. The Kier molecular flexibility index (Phi) is 5.22. The number of nitrogens with one attached hydrogen (secondary N) is 1. The maximum Gasteiger partial charge on any atom is 0.165 e. The van der Waals surface area contributed by atoms with Crippen LogP contribution in [0.2, 0.25) is 0 Å². The molecule has 90 valence electrons. The van der Waals surface area contributed by atoms with Gasteiger partial charge < -0.3 is 4.74 Å². The van der Waals surface area contributed by atoms with Crippen LogP contribution >= 0.6 is 0 Å². The number of hydrogen-bond acceptors (Lipinski definition) is 3. The number of hydrazine groups is 1. The summed E-state index contributed by atoms with van der Waals surface area (Å²) in [6.45, 7) is 2.10. The van der Waals surface area contributed by atoms with Crippen molar-refractivity contribution < 1.29 is 9.13 Å². The highest BCUT2D eigenvalue weighted by atomic mass is 19.1. The van der Waals surface area contributed by atoms with Gasteiger partial charge in [-0.15, -0.1) is 0 Å². The highest BCUT2D eigenvalue weighted by molar-refractivity contribution is 5.29. The molecular formula is C12H19FN2O. The van der Waals surface area contributed by atoms with Crippen molar-refractivity contribution in [3.63, 3.8) is 0 Å². The Hall–Kier alpha value is -1.13. The molecule has 1 atom stereocenters. The second-order valence-electron chi connectivity index (χ2n) is 3.83. The summed E-state index contributed by atoms with van der Waals surface area (Å²) >= 11 is 0. The van der Waals surface area contributed by atoms with Crippen LogP contribution in [0.25, 0.3) is 0 Å². The molecule has 1 aromatic carbocycles. The lowest BCUT2D eigenvalue weighted by Crippen LogP contribution is -2.36. The van der Waals surface area contributed by atoms with E-state index in [9.17, 15) is 4.39 Å². The van der Waals surface area contributed by atoms with Gasteiger partial charge in [0.25, 0.3) is 0 Å². The Morgan fingerprint density at radius 3 is 2.75 bits per heavy atom. The monoisotopic (exact) mass is 226 g/mol. The number of ether oxygens (including phenoxy) is 1. The van der Waals surface area contributed by atoms with Crippen molar-refractivity contribution >= 4 is 0 Å². The van der Waals surface area contributed by atoms with Crippen molar-refractivity contribution in [2.45, 2.75) is 32.2 Å². The van der Waals surface area contributed by atoms with Crippen LogP contribution in [0.3, 0.4) is 0 Å². The summed E-state index contributed by atoms with van der Waals surface area (Å²) in [5.74, 6) is 5.38. The Morgan fingerprint density at radius 2 is 2.25 bits per heavy atom. The zero-order valence-corrected chi connectivity index (χ0v) is 9.79. The van der Waals surface area contributed by atoms with Crippen LogP contribution in [0, 0.1) is 5.82 Å². The Labute approximate surface area is 95.8 Å². The van der Waals surface area contributed by atoms with Crippen LogP contribution in [0.15, 0.2) is 18.2 Å². The van der Waals surface area contributed by atoms with Crippen molar-refractivity contribution in [1.82, 2.24) is 5.43 Å². The van der Waals surface area contributed by atoms with Gasteiger partial charge in [-0.25, -0.2) is 4.39 Å². The van der Waals surface area contributed by atoms with E-state index >= 15 is 0 Å². The minimum absolute atomic E-state index is 0.192. The van der Waals surface area contributed by atoms with E-state index in [1.807, 2.05) is 6.07 Å². The highest BCUT2D eigenvalue weighted by Gasteiger charge is 2.09. The second-order valence-corrected chi connectivity index (χ2v) is 3.83. The predicted octanol–water partition coefficient (Wildman–Crippen LogP) is 2.01. The maximum absolute atomic E-state index is 13.4. The van der Waals surface area contributed by atoms with Crippen LogP contribution in [-0.4, -0.2) is 13.2 Å². The third kappa shape index (κ3) is 3.47. The molecule has 0 saturated carbocycles. The molecule has 0 spiro atoms. The van der Waals surface area contributed by atoms with Gasteiger partial charge in [-0.1, -0.05) is 19.4 Å². The van der Waals surface area contributed by atoms with Crippen LogP contribution in [0.4, 0.5) is 4.39 Å². The number of nitrogens with two attached hydrogens (primary N) is 1. The number of benzene rings is 1. The standard InChI is InChI=1S/C12H19FN2O/c1-3-4-10(15-14)7-9-5-6-12(16-2)11(13)8-9/h5-6,8,10,15H,3-4,7,14H2,1-2H3. The molecule has 0 aromatic heterocycles. The van der Waals surface area contributed by atoms with Gasteiger partial charge in [-0.05, 0) is 30.5 Å². The van der Waals surface area contributed by atoms with Crippen LogP contribution in [0.1, 0.15) is 25.3 Å². The van der Waals surface area contributed by atoms with E-state index in [1.165, 1.54) is 13.2 Å². The van der Waals surface area contributed by atoms with Gasteiger partial charge in [0, 0.05) is 6.04 Å². The first-order valence-corrected chi connectivity index (χ1v) is 5.49. The quantitative estimate of drug-likeness (QED) is 0.576.